The monoisotopic (exact) mass is 203 g/mol. The van der Waals surface area contributed by atoms with Gasteiger partial charge in [0.1, 0.15) is 11.3 Å². The highest BCUT2D eigenvalue weighted by atomic mass is 16.3. The molecule has 4 nitrogen and oxygen atoms in total. The van der Waals surface area contributed by atoms with Gasteiger partial charge in [-0.2, -0.15) is 0 Å². The number of nitrogens with one attached hydrogen (secondary N) is 1. The molecule has 0 radical (unpaired) electrons. The first kappa shape index (κ1) is 9.45. The van der Waals surface area contributed by atoms with Crippen molar-refractivity contribution in [2.45, 2.75) is 0 Å². The Hall–Kier alpha value is -2.10. The van der Waals surface area contributed by atoms with Crippen LogP contribution in [-0.2, 0) is 4.79 Å². The average Bonchev–Trinajstić information content (AvgIpc) is 2.52. The van der Waals surface area contributed by atoms with Crippen LogP contribution in [0.1, 0.15) is 15.9 Å². The van der Waals surface area contributed by atoms with Crippen LogP contribution in [0.3, 0.4) is 0 Å². The van der Waals surface area contributed by atoms with Crippen molar-refractivity contribution >= 4 is 17.4 Å². The first-order valence-corrected chi connectivity index (χ1v) is 4.46. The first-order valence-electron chi connectivity index (χ1n) is 4.46. The molecular weight excluding hydrogens is 194 g/mol. The second-order valence-electron chi connectivity index (χ2n) is 3.18. The Bertz CT molecular complexity index is 488. The zero-order valence-electron chi connectivity index (χ0n) is 8.07. The zero-order chi connectivity index (χ0) is 11.0. The van der Waals surface area contributed by atoms with Crippen molar-refractivity contribution in [1.29, 1.82) is 0 Å². The lowest BCUT2D eigenvalue weighted by molar-refractivity contribution is -0.116. The van der Waals surface area contributed by atoms with Gasteiger partial charge in [0.15, 0.2) is 0 Å². The molecule has 1 amide bonds. The van der Waals surface area contributed by atoms with Crippen molar-refractivity contribution in [2.75, 3.05) is 7.05 Å². The van der Waals surface area contributed by atoms with Gasteiger partial charge >= 0.3 is 0 Å². The van der Waals surface area contributed by atoms with Gasteiger partial charge in [0.25, 0.3) is 5.91 Å². The Labute approximate surface area is 86.2 Å². The highest BCUT2D eigenvalue weighted by Gasteiger charge is 2.33. The maximum absolute atomic E-state index is 11.7. The Balaban J connectivity index is 2.60. The van der Waals surface area contributed by atoms with Crippen molar-refractivity contribution in [1.82, 2.24) is 5.32 Å². The maximum atomic E-state index is 11.7. The van der Waals surface area contributed by atoms with E-state index in [4.69, 9.17) is 0 Å². The van der Waals surface area contributed by atoms with Gasteiger partial charge in [-0.05, 0) is 0 Å². The quantitative estimate of drug-likeness (QED) is 0.666. The van der Waals surface area contributed by atoms with Crippen molar-refractivity contribution in [3.05, 3.63) is 41.0 Å². The van der Waals surface area contributed by atoms with Crippen LogP contribution in [-0.4, -0.2) is 23.8 Å². The zero-order valence-corrected chi connectivity index (χ0v) is 8.07. The molecule has 0 bridgehead atoms. The molecule has 0 unspecified atom stereocenters. The summed E-state index contributed by atoms with van der Waals surface area (Å²) >= 11 is 0. The van der Waals surface area contributed by atoms with Crippen LogP contribution in [0.5, 0.6) is 0 Å². The van der Waals surface area contributed by atoms with Gasteiger partial charge in [0, 0.05) is 18.2 Å². The highest BCUT2D eigenvalue weighted by Crippen LogP contribution is 2.30. The Kier molecular flexibility index (Phi) is 2.04. The van der Waals surface area contributed by atoms with E-state index in [9.17, 15) is 14.7 Å². The summed E-state index contributed by atoms with van der Waals surface area (Å²) in [5.74, 6) is -1.23. The van der Waals surface area contributed by atoms with Gasteiger partial charge in [-0.25, -0.2) is 0 Å². The van der Waals surface area contributed by atoms with Gasteiger partial charge in [-0.1, -0.05) is 24.3 Å². The number of aliphatic hydroxyl groups excluding tert-OH is 1. The van der Waals surface area contributed by atoms with Crippen molar-refractivity contribution < 1.29 is 14.7 Å². The maximum Gasteiger partial charge on any atom is 0.258 e. The third-order valence-electron chi connectivity index (χ3n) is 2.34. The molecule has 2 N–H and O–H groups in total. The number of hydrogen-bond acceptors (Lipinski definition) is 3. The Morgan fingerprint density at radius 1 is 1.27 bits per heavy atom. The van der Waals surface area contributed by atoms with Gasteiger partial charge < -0.3 is 10.4 Å². The molecule has 1 aromatic rings. The van der Waals surface area contributed by atoms with E-state index in [0.29, 0.717) is 11.1 Å². The van der Waals surface area contributed by atoms with Crippen LogP contribution in [0.4, 0.5) is 0 Å². The molecule has 0 aliphatic heterocycles. The number of carbonyl (C=O) groups is 2. The number of benzene rings is 1. The van der Waals surface area contributed by atoms with Crippen LogP contribution in [0.2, 0.25) is 0 Å². The van der Waals surface area contributed by atoms with Crippen LogP contribution in [0.15, 0.2) is 29.8 Å². The van der Waals surface area contributed by atoms with Crippen LogP contribution in [0.25, 0.3) is 5.76 Å². The highest BCUT2D eigenvalue weighted by molar-refractivity contribution is 6.33. The van der Waals surface area contributed by atoms with Gasteiger partial charge in [0.2, 0.25) is 5.78 Å². The van der Waals surface area contributed by atoms with Gasteiger partial charge in [-0.15, -0.1) is 0 Å². The number of aliphatic hydroxyl groups is 1. The fourth-order valence-corrected chi connectivity index (χ4v) is 1.60. The van der Waals surface area contributed by atoms with E-state index in [-0.39, 0.29) is 11.3 Å². The molecule has 0 heterocycles. The fourth-order valence-electron chi connectivity index (χ4n) is 1.60. The lowest BCUT2D eigenvalue weighted by atomic mass is 10.1. The minimum absolute atomic E-state index is 0.182. The molecular formula is C11H9NO3. The standard InChI is InChI=1S/C11H9NO3/c1-12-11(15)8-9(13)6-4-2-3-5-7(6)10(8)14/h2-5,13H,1H3,(H,12,15). The molecule has 0 saturated heterocycles. The summed E-state index contributed by atoms with van der Waals surface area (Å²) in [6.45, 7) is 0. The van der Waals surface area contributed by atoms with Crippen molar-refractivity contribution in [3.63, 3.8) is 0 Å². The van der Waals surface area contributed by atoms with Gasteiger partial charge in [0.05, 0.1) is 0 Å². The SMILES string of the molecule is CNC(=O)C1=C(O)c2ccccc2C1=O. The van der Waals surface area contributed by atoms with E-state index in [1.807, 2.05) is 0 Å². The predicted molar refractivity (Wildman–Crippen MR) is 54.4 cm³/mol. The smallest absolute Gasteiger partial charge is 0.258 e. The lowest BCUT2D eigenvalue weighted by Crippen LogP contribution is -2.23. The molecule has 76 valence electrons. The molecule has 0 fully saturated rings. The number of ketones is 1. The number of hydrogen-bond donors (Lipinski definition) is 2. The molecule has 0 aromatic heterocycles. The molecule has 0 saturated carbocycles. The predicted octanol–water partition coefficient (Wildman–Crippen LogP) is 0.898. The summed E-state index contributed by atoms with van der Waals surface area (Å²) in [6.07, 6.45) is 0. The third-order valence-corrected chi connectivity index (χ3v) is 2.34. The van der Waals surface area contributed by atoms with Crippen LogP contribution in [0, 0.1) is 0 Å². The number of fused-ring (bicyclic) bond motifs is 1. The van der Waals surface area contributed by atoms with Gasteiger partial charge in [-0.3, -0.25) is 9.59 Å². The Morgan fingerprint density at radius 3 is 2.40 bits per heavy atom. The van der Waals surface area contributed by atoms with Crippen LogP contribution < -0.4 is 5.32 Å². The number of likely N-dealkylation sites (N-methyl/N-ethyl adjacent to an activating group) is 1. The fraction of sp³-hybridized carbons (Fsp3) is 0.0909. The minimum atomic E-state index is -0.561. The molecule has 2 rings (SSSR count). The van der Waals surface area contributed by atoms with E-state index < -0.39 is 11.7 Å². The van der Waals surface area contributed by atoms with E-state index in [0.717, 1.165) is 0 Å². The summed E-state index contributed by atoms with van der Waals surface area (Å²) in [4.78, 5) is 23.1. The summed E-state index contributed by atoms with van der Waals surface area (Å²) in [5.41, 5.74) is 0.605. The van der Waals surface area contributed by atoms with Crippen LogP contribution >= 0.6 is 0 Å². The molecule has 1 aliphatic carbocycles. The number of Topliss-reactive ketones (excluding diaryl/α,β-unsaturated/α-hetero) is 1. The van der Waals surface area contributed by atoms with E-state index in [1.54, 1.807) is 24.3 Å². The summed E-state index contributed by atoms with van der Waals surface area (Å²) in [5, 5.41) is 12.0. The number of amides is 1. The molecule has 1 aromatic carbocycles. The molecule has 1 aliphatic rings. The largest absolute Gasteiger partial charge is 0.506 e. The first-order chi connectivity index (χ1) is 7.16. The molecule has 0 spiro atoms. The summed E-state index contributed by atoms with van der Waals surface area (Å²) in [6, 6.07) is 6.59. The Morgan fingerprint density at radius 2 is 1.87 bits per heavy atom. The van der Waals surface area contributed by atoms with E-state index in [1.165, 1.54) is 7.05 Å². The summed E-state index contributed by atoms with van der Waals surface area (Å²) < 4.78 is 0. The van der Waals surface area contributed by atoms with E-state index >= 15 is 0 Å². The van der Waals surface area contributed by atoms with E-state index in [2.05, 4.69) is 5.32 Å². The minimum Gasteiger partial charge on any atom is -0.506 e. The lowest BCUT2D eigenvalue weighted by Gasteiger charge is -1.98. The number of rotatable bonds is 1. The molecule has 4 heteroatoms. The van der Waals surface area contributed by atoms with Crippen molar-refractivity contribution in [3.8, 4) is 0 Å². The molecule has 15 heavy (non-hydrogen) atoms. The normalized spacial score (nSPS) is 14.1. The second kappa shape index (κ2) is 3.24. The second-order valence-corrected chi connectivity index (χ2v) is 3.18. The average molecular weight is 203 g/mol. The third kappa shape index (κ3) is 1.22. The number of carbonyl (C=O) groups excluding carboxylic acids is 2. The topological polar surface area (TPSA) is 66.4 Å². The molecule has 0 atom stereocenters. The summed E-state index contributed by atoms with van der Waals surface area (Å²) in [7, 11) is 1.42. The van der Waals surface area contributed by atoms with Crippen molar-refractivity contribution in [2.24, 2.45) is 0 Å².